The van der Waals surface area contributed by atoms with Crippen molar-refractivity contribution in [3.63, 3.8) is 0 Å². The highest BCUT2D eigenvalue weighted by molar-refractivity contribution is 6.01. The molecule has 1 N–H and O–H groups in total. The van der Waals surface area contributed by atoms with Gasteiger partial charge in [-0.3, -0.25) is 14.4 Å². The Morgan fingerprint density at radius 2 is 1.76 bits per heavy atom. The third-order valence-electron chi connectivity index (χ3n) is 5.07. The van der Waals surface area contributed by atoms with Crippen molar-refractivity contribution in [2.45, 2.75) is 6.42 Å². The lowest BCUT2D eigenvalue weighted by Crippen LogP contribution is -2.28. The van der Waals surface area contributed by atoms with E-state index >= 15 is 0 Å². The SMILES string of the molecule is COC(=O)c1ccc(NC(=O)COC(=O)[C@@H]2CC(=O)N(c3cc(OC)ccc3OC)C2)cc1. The van der Waals surface area contributed by atoms with Crippen molar-refractivity contribution >= 4 is 35.1 Å². The van der Waals surface area contributed by atoms with Crippen molar-refractivity contribution in [3.05, 3.63) is 48.0 Å². The number of nitrogens with zero attached hydrogens (tertiary/aromatic N) is 1. The molecule has 0 unspecified atom stereocenters. The van der Waals surface area contributed by atoms with Gasteiger partial charge in [0.25, 0.3) is 5.91 Å². The minimum absolute atomic E-state index is 0.0458. The largest absolute Gasteiger partial charge is 0.497 e. The number of ether oxygens (including phenoxy) is 4. The van der Waals surface area contributed by atoms with Gasteiger partial charge in [0.15, 0.2) is 6.61 Å². The first-order valence-corrected chi connectivity index (χ1v) is 10.0. The lowest BCUT2D eigenvalue weighted by molar-refractivity contribution is -0.151. The van der Waals surface area contributed by atoms with Gasteiger partial charge in [-0.2, -0.15) is 0 Å². The normalized spacial score (nSPS) is 15.1. The van der Waals surface area contributed by atoms with E-state index in [2.05, 4.69) is 10.1 Å². The number of benzene rings is 2. The number of amides is 2. The molecule has 0 radical (unpaired) electrons. The Morgan fingerprint density at radius 1 is 1.03 bits per heavy atom. The molecule has 2 aromatic rings. The highest BCUT2D eigenvalue weighted by Crippen LogP contribution is 2.36. The quantitative estimate of drug-likeness (QED) is 0.599. The molecule has 1 atom stereocenters. The number of carbonyl (C=O) groups excluding carboxylic acids is 4. The van der Waals surface area contributed by atoms with Crippen LogP contribution in [0.3, 0.4) is 0 Å². The number of nitrogens with one attached hydrogen (secondary N) is 1. The van der Waals surface area contributed by atoms with Gasteiger partial charge in [-0.05, 0) is 36.4 Å². The molecule has 1 fully saturated rings. The summed E-state index contributed by atoms with van der Waals surface area (Å²) >= 11 is 0. The summed E-state index contributed by atoms with van der Waals surface area (Å²) in [5, 5.41) is 2.57. The van der Waals surface area contributed by atoms with Crippen molar-refractivity contribution < 1.29 is 38.1 Å². The summed E-state index contributed by atoms with van der Waals surface area (Å²) in [6.45, 7) is -0.414. The van der Waals surface area contributed by atoms with Gasteiger partial charge in [-0.15, -0.1) is 0 Å². The van der Waals surface area contributed by atoms with E-state index in [9.17, 15) is 19.2 Å². The molecule has 1 heterocycles. The first kappa shape index (κ1) is 23.6. The summed E-state index contributed by atoms with van der Waals surface area (Å²) in [7, 11) is 4.27. The van der Waals surface area contributed by atoms with Crippen LogP contribution in [0.4, 0.5) is 11.4 Å². The van der Waals surface area contributed by atoms with Gasteiger partial charge in [0, 0.05) is 24.7 Å². The van der Waals surface area contributed by atoms with Crippen LogP contribution in [0, 0.1) is 5.92 Å². The predicted molar refractivity (Wildman–Crippen MR) is 117 cm³/mol. The Labute approximate surface area is 190 Å². The fourth-order valence-corrected chi connectivity index (χ4v) is 3.37. The number of rotatable bonds is 8. The first-order chi connectivity index (χ1) is 15.9. The Morgan fingerprint density at radius 3 is 2.39 bits per heavy atom. The number of anilines is 2. The number of esters is 2. The molecule has 2 amide bonds. The summed E-state index contributed by atoms with van der Waals surface area (Å²) in [5.41, 5.74) is 1.26. The van der Waals surface area contributed by atoms with Crippen LogP contribution in [0.25, 0.3) is 0 Å². The zero-order valence-electron chi connectivity index (χ0n) is 18.5. The van der Waals surface area contributed by atoms with E-state index in [1.165, 1.54) is 50.5 Å². The minimum Gasteiger partial charge on any atom is -0.497 e. The van der Waals surface area contributed by atoms with Crippen LogP contribution in [0.1, 0.15) is 16.8 Å². The molecule has 0 spiro atoms. The lowest BCUT2D eigenvalue weighted by Gasteiger charge is -2.20. The molecular formula is C23H24N2O8. The summed E-state index contributed by atoms with van der Waals surface area (Å²) in [6, 6.07) is 11.1. The second kappa shape index (κ2) is 10.5. The molecule has 3 rings (SSSR count). The summed E-state index contributed by atoms with van der Waals surface area (Å²) < 4.78 is 20.3. The van der Waals surface area contributed by atoms with Gasteiger partial charge >= 0.3 is 11.9 Å². The van der Waals surface area contributed by atoms with E-state index in [1.54, 1.807) is 18.2 Å². The molecule has 1 saturated heterocycles. The molecular weight excluding hydrogens is 432 g/mol. The Balaban J connectivity index is 1.55. The van der Waals surface area contributed by atoms with Gasteiger partial charge in [-0.25, -0.2) is 4.79 Å². The lowest BCUT2D eigenvalue weighted by atomic mass is 10.1. The van der Waals surface area contributed by atoms with Crippen LogP contribution in [0.15, 0.2) is 42.5 Å². The van der Waals surface area contributed by atoms with Gasteiger partial charge in [0.05, 0.1) is 38.5 Å². The molecule has 10 nitrogen and oxygen atoms in total. The Hall–Kier alpha value is -4.08. The second-order valence-electron chi connectivity index (χ2n) is 7.17. The van der Waals surface area contributed by atoms with Gasteiger partial charge in [0.2, 0.25) is 5.91 Å². The molecule has 0 aromatic heterocycles. The Bertz CT molecular complexity index is 1050. The molecule has 2 aromatic carbocycles. The maximum absolute atomic E-state index is 12.5. The van der Waals surface area contributed by atoms with Crippen molar-refractivity contribution in [2.75, 3.05) is 44.7 Å². The number of carbonyl (C=O) groups is 4. The number of hydrogen-bond donors (Lipinski definition) is 1. The van der Waals surface area contributed by atoms with Crippen LogP contribution in [0.2, 0.25) is 0 Å². The average molecular weight is 456 g/mol. The summed E-state index contributed by atoms with van der Waals surface area (Å²) in [5.74, 6) is -1.67. The van der Waals surface area contributed by atoms with E-state index in [4.69, 9.17) is 14.2 Å². The van der Waals surface area contributed by atoms with Crippen molar-refractivity contribution in [1.29, 1.82) is 0 Å². The number of methoxy groups -OCH3 is 3. The van der Waals surface area contributed by atoms with E-state index in [0.717, 1.165) is 0 Å². The predicted octanol–water partition coefficient (Wildman–Crippen LogP) is 2.03. The fourth-order valence-electron chi connectivity index (χ4n) is 3.37. The smallest absolute Gasteiger partial charge is 0.337 e. The van der Waals surface area contributed by atoms with E-state index in [1.807, 2.05) is 0 Å². The molecule has 1 aliphatic heterocycles. The highest BCUT2D eigenvalue weighted by Gasteiger charge is 2.37. The molecule has 0 aliphatic carbocycles. The average Bonchev–Trinajstić information content (AvgIpc) is 3.23. The van der Waals surface area contributed by atoms with Crippen molar-refractivity contribution in [1.82, 2.24) is 0 Å². The van der Waals surface area contributed by atoms with E-state index in [0.29, 0.717) is 28.4 Å². The fraction of sp³-hybridized carbons (Fsp3) is 0.304. The van der Waals surface area contributed by atoms with Gasteiger partial charge in [0.1, 0.15) is 11.5 Å². The number of hydrogen-bond acceptors (Lipinski definition) is 8. The minimum atomic E-state index is -0.722. The van der Waals surface area contributed by atoms with Crippen LogP contribution < -0.4 is 19.7 Å². The second-order valence-corrected chi connectivity index (χ2v) is 7.17. The van der Waals surface area contributed by atoms with Crippen LogP contribution >= 0.6 is 0 Å². The molecule has 174 valence electrons. The summed E-state index contributed by atoms with van der Waals surface area (Å²) in [6.07, 6.45) is -0.0458. The third-order valence-corrected chi connectivity index (χ3v) is 5.07. The van der Waals surface area contributed by atoms with Gasteiger partial charge < -0.3 is 29.2 Å². The molecule has 0 bridgehead atoms. The standard InChI is InChI=1S/C23H24N2O8/c1-30-17-8-9-19(31-2)18(11-17)25-12-15(10-21(25)27)23(29)33-13-20(26)24-16-6-4-14(5-7-16)22(28)32-3/h4-9,11,15H,10,12-13H2,1-3H3,(H,24,26)/t15-/m1/s1. The zero-order valence-corrected chi connectivity index (χ0v) is 18.5. The van der Waals surface area contributed by atoms with Crippen molar-refractivity contribution in [3.8, 4) is 11.5 Å². The topological polar surface area (TPSA) is 120 Å². The van der Waals surface area contributed by atoms with Gasteiger partial charge in [-0.1, -0.05) is 0 Å². The van der Waals surface area contributed by atoms with Crippen LogP contribution in [-0.2, 0) is 23.9 Å². The maximum Gasteiger partial charge on any atom is 0.337 e. The summed E-state index contributed by atoms with van der Waals surface area (Å²) in [4.78, 5) is 50.0. The van der Waals surface area contributed by atoms with Crippen LogP contribution in [-0.4, -0.2) is 58.2 Å². The molecule has 10 heteroatoms. The first-order valence-electron chi connectivity index (χ1n) is 10.0. The zero-order chi connectivity index (χ0) is 24.0. The van der Waals surface area contributed by atoms with E-state index in [-0.39, 0.29) is 18.9 Å². The van der Waals surface area contributed by atoms with Crippen molar-refractivity contribution in [2.24, 2.45) is 5.92 Å². The highest BCUT2D eigenvalue weighted by atomic mass is 16.5. The van der Waals surface area contributed by atoms with Crippen LogP contribution in [0.5, 0.6) is 11.5 Å². The third kappa shape index (κ3) is 5.59. The maximum atomic E-state index is 12.5. The Kier molecular flexibility index (Phi) is 7.50. The molecule has 33 heavy (non-hydrogen) atoms. The monoisotopic (exact) mass is 456 g/mol. The molecule has 1 aliphatic rings. The van der Waals surface area contributed by atoms with E-state index < -0.39 is 30.4 Å². The molecule has 0 saturated carbocycles.